The zero-order valence-electron chi connectivity index (χ0n) is 23.2. The van der Waals surface area contributed by atoms with E-state index in [-0.39, 0.29) is 63.1 Å². The molecular formula is C28H14Cl6N4O8S2. The predicted molar refractivity (Wildman–Crippen MR) is 193 cm³/mol. The number of fused-ring (bicyclic) bond motifs is 1. The summed E-state index contributed by atoms with van der Waals surface area (Å²) in [7, 11) is 0. The lowest BCUT2D eigenvalue weighted by molar-refractivity contribution is -0.385. The number of hydrogen-bond donors (Lipinski definition) is 2. The van der Waals surface area contributed by atoms with E-state index in [1.165, 1.54) is 54.6 Å². The summed E-state index contributed by atoms with van der Waals surface area (Å²) in [6.45, 7) is 0. The number of anilines is 1. The number of nitrogens with one attached hydrogen (secondary N) is 1. The molecule has 0 bridgehead atoms. The molecule has 5 aromatic rings. The summed E-state index contributed by atoms with van der Waals surface area (Å²) in [6, 6.07) is 15.9. The lowest BCUT2D eigenvalue weighted by Gasteiger charge is -2.08. The molecule has 0 aliphatic rings. The number of carbonyl (C=O) groups excluding carboxylic acids is 1. The van der Waals surface area contributed by atoms with Gasteiger partial charge in [-0.25, -0.2) is 4.57 Å². The van der Waals surface area contributed by atoms with Gasteiger partial charge in [0.2, 0.25) is 0 Å². The van der Waals surface area contributed by atoms with Gasteiger partial charge in [0.25, 0.3) is 27.7 Å². The number of thiocarbonyl (C=S) groups is 1. The Morgan fingerprint density at radius 2 is 1.38 bits per heavy atom. The number of nitro benzene ring substituents is 2. The molecule has 20 heteroatoms. The Morgan fingerprint density at radius 1 is 0.833 bits per heavy atom. The summed E-state index contributed by atoms with van der Waals surface area (Å²) in [5.41, 5.74) is -0.225. The molecular weight excluding hydrogens is 797 g/mol. The van der Waals surface area contributed by atoms with Gasteiger partial charge in [-0.1, -0.05) is 81.8 Å². The van der Waals surface area contributed by atoms with Crippen LogP contribution in [-0.2, 0) is 0 Å². The van der Waals surface area contributed by atoms with Crippen LogP contribution in [0, 0.1) is 25.1 Å². The minimum Gasteiger partial charge on any atom is -0.507 e. The number of aromatic nitrogens is 1. The lowest BCUT2D eigenvalue weighted by Crippen LogP contribution is -2.19. The van der Waals surface area contributed by atoms with Crippen LogP contribution in [0.25, 0.3) is 16.7 Å². The second-order valence-corrected chi connectivity index (χ2v) is 12.6. The molecule has 0 unspecified atom stereocenters. The van der Waals surface area contributed by atoms with E-state index in [9.17, 15) is 34.9 Å². The Morgan fingerprint density at radius 3 is 1.94 bits per heavy atom. The minimum atomic E-state index is -0.634. The number of halogens is 6. The maximum atomic E-state index is 12.7. The third kappa shape index (κ3) is 10.1. The fourth-order valence-electron chi connectivity index (χ4n) is 3.70. The number of rotatable bonds is 5. The van der Waals surface area contributed by atoms with Gasteiger partial charge in [-0.3, -0.25) is 29.8 Å². The normalized spacial score (nSPS) is 10.2. The standard InChI is InChI=1S/C14H6Cl2N2O4S.C13H8Cl2N2O4.CCl2S/c15-7-1-4-12-9(5-7)13(19)17(14(23)22-12)11-3-2-8(18(20)21)6-10(11)16;14-7-1-4-12(18)9(5-7)13(19)16-11-3-2-8(17(20)21)6-10(11)15;2-1(3)4/h1-6H;1-6,18H,(H,16,19);. The van der Waals surface area contributed by atoms with Crippen LogP contribution in [0.2, 0.25) is 20.1 Å². The number of amides is 1. The van der Waals surface area contributed by atoms with E-state index >= 15 is 0 Å². The minimum absolute atomic E-state index is 0.00368. The quantitative estimate of drug-likeness (QED) is 0.0753. The molecule has 5 rings (SSSR count). The Hall–Kier alpha value is -3.86. The molecule has 0 radical (unpaired) electrons. The zero-order valence-corrected chi connectivity index (χ0v) is 29.3. The number of non-ortho nitro benzene ring substituents is 2. The topological polar surface area (TPSA) is 171 Å². The van der Waals surface area contributed by atoms with Crippen molar-refractivity contribution in [2.24, 2.45) is 0 Å². The van der Waals surface area contributed by atoms with Crippen molar-refractivity contribution in [1.82, 2.24) is 4.57 Å². The summed E-state index contributed by atoms with van der Waals surface area (Å²) >= 11 is 42.3. The Bertz CT molecular complexity index is 2210. The van der Waals surface area contributed by atoms with Crippen LogP contribution in [0.5, 0.6) is 5.75 Å². The van der Waals surface area contributed by atoms with E-state index in [4.69, 9.17) is 86.2 Å². The molecule has 0 aliphatic heterocycles. The molecule has 0 aliphatic carbocycles. The second kappa shape index (κ2) is 17.0. The van der Waals surface area contributed by atoms with E-state index < -0.39 is 21.3 Å². The average Bonchev–Trinajstić information content (AvgIpc) is 3.00. The van der Waals surface area contributed by atoms with Gasteiger partial charge in [0.05, 0.1) is 42.2 Å². The molecule has 1 aromatic heterocycles. The van der Waals surface area contributed by atoms with Crippen molar-refractivity contribution in [1.29, 1.82) is 0 Å². The Kier molecular flexibility index (Phi) is 13.7. The largest absolute Gasteiger partial charge is 0.507 e. The highest BCUT2D eigenvalue weighted by molar-refractivity contribution is 7.86. The highest BCUT2D eigenvalue weighted by Crippen LogP contribution is 2.29. The molecule has 1 heterocycles. The molecule has 12 nitrogen and oxygen atoms in total. The molecule has 2 N–H and O–H groups in total. The number of benzene rings is 4. The summed E-state index contributed by atoms with van der Waals surface area (Å²) in [4.78, 5) is 44.8. The number of hydrogen-bond acceptors (Lipinski definition) is 10. The van der Waals surface area contributed by atoms with Crippen LogP contribution in [-0.4, -0.2) is 29.2 Å². The summed E-state index contributed by atoms with van der Waals surface area (Å²) in [5, 5.41) is 34.3. The van der Waals surface area contributed by atoms with E-state index in [1.54, 1.807) is 6.07 Å². The molecule has 248 valence electrons. The first-order valence-electron chi connectivity index (χ1n) is 12.4. The predicted octanol–water partition coefficient (Wildman–Crippen LogP) is 10.1. The van der Waals surface area contributed by atoms with E-state index in [0.29, 0.717) is 10.6 Å². The molecule has 0 atom stereocenters. The van der Waals surface area contributed by atoms with E-state index in [1.807, 2.05) is 0 Å². The van der Waals surface area contributed by atoms with Crippen molar-refractivity contribution in [3.63, 3.8) is 0 Å². The van der Waals surface area contributed by atoms with Gasteiger partial charge in [-0.2, -0.15) is 0 Å². The lowest BCUT2D eigenvalue weighted by atomic mass is 10.2. The van der Waals surface area contributed by atoms with Gasteiger partial charge in [0.15, 0.2) is 3.78 Å². The number of aromatic hydroxyl groups is 1. The molecule has 48 heavy (non-hydrogen) atoms. The third-order valence-electron chi connectivity index (χ3n) is 5.75. The van der Waals surface area contributed by atoms with Crippen molar-refractivity contribution < 1.29 is 24.2 Å². The van der Waals surface area contributed by atoms with E-state index in [2.05, 4.69) is 17.5 Å². The fourth-order valence-corrected chi connectivity index (χ4v) is 4.80. The summed E-state index contributed by atoms with van der Waals surface area (Å²) in [5.74, 6) is -0.874. The monoisotopic (exact) mass is 808 g/mol. The molecule has 1 amide bonds. The Labute approximate surface area is 309 Å². The van der Waals surface area contributed by atoms with Gasteiger partial charge >= 0.3 is 0 Å². The highest BCUT2D eigenvalue weighted by Gasteiger charge is 2.17. The number of phenols is 1. The molecule has 0 fully saturated rings. The second-order valence-electron chi connectivity index (χ2n) is 8.80. The van der Waals surface area contributed by atoms with Gasteiger partial charge < -0.3 is 14.8 Å². The SMILES string of the molecule is O=C(Nc1ccc([N+](=O)[O-])cc1Cl)c1cc(Cl)ccc1O.O=c1c2cc(Cl)ccc2oc(=S)n1-c1ccc([N+](=O)[O-])cc1Cl.S=C(Cl)Cl. The van der Waals surface area contributed by atoms with Crippen LogP contribution in [0.3, 0.4) is 0 Å². The first-order valence-corrected chi connectivity index (χ1v) is 15.5. The number of phenolic OH excluding ortho intramolecular Hbond substituents is 1. The van der Waals surface area contributed by atoms with Crippen molar-refractivity contribution in [2.45, 2.75) is 0 Å². The van der Waals surface area contributed by atoms with Crippen LogP contribution in [0.15, 0.2) is 82.0 Å². The van der Waals surface area contributed by atoms with Crippen molar-refractivity contribution in [3.05, 3.63) is 134 Å². The van der Waals surface area contributed by atoms with Crippen molar-refractivity contribution >= 4 is 132 Å². The first-order chi connectivity index (χ1) is 22.5. The summed E-state index contributed by atoms with van der Waals surface area (Å²) < 4.78 is 6.46. The van der Waals surface area contributed by atoms with Crippen molar-refractivity contribution in [2.75, 3.05) is 5.32 Å². The maximum absolute atomic E-state index is 12.7. The number of nitro groups is 2. The van der Waals surface area contributed by atoms with Crippen molar-refractivity contribution in [3.8, 4) is 11.4 Å². The Balaban J connectivity index is 0.000000235. The molecule has 4 aromatic carbocycles. The number of nitrogens with zero attached hydrogens (tertiary/aromatic N) is 3. The molecule has 0 saturated heterocycles. The van der Waals surface area contributed by atoms with Crippen LogP contribution in [0.1, 0.15) is 10.4 Å². The van der Waals surface area contributed by atoms with Gasteiger partial charge in [0.1, 0.15) is 11.3 Å². The number of carbonyl (C=O) groups is 1. The molecule has 0 spiro atoms. The summed E-state index contributed by atoms with van der Waals surface area (Å²) in [6.07, 6.45) is 0. The van der Waals surface area contributed by atoms with Crippen LogP contribution < -0.4 is 10.9 Å². The highest BCUT2D eigenvalue weighted by atomic mass is 35.5. The maximum Gasteiger partial charge on any atom is 0.276 e. The molecule has 0 saturated carbocycles. The third-order valence-corrected chi connectivity index (χ3v) is 7.10. The first kappa shape index (κ1) is 38.6. The van der Waals surface area contributed by atoms with Crippen LogP contribution in [0.4, 0.5) is 17.1 Å². The smallest absolute Gasteiger partial charge is 0.276 e. The van der Waals surface area contributed by atoms with Gasteiger partial charge in [-0.15, -0.1) is 0 Å². The van der Waals surface area contributed by atoms with E-state index in [0.717, 1.165) is 16.7 Å². The van der Waals surface area contributed by atoms with Crippen LogP contribution >= 0.6 is 94.0 Å². The van der Waals surface area contributed by atoms with Gasteiger partial charge in [-0.05, 0) is 60.7 Å². The zero-order chi connectivity index (χ0) is 35.9. The fraction of sp³-hybridized carbons (Fsp3) is 0. The average molecular weight is 811 g/mol. The van der Waals surface area contributed by atoms with Gasteiger partial charge in [0, 0.05) is 34.3 Å².